The molecule has 2 aliphatic rings. The Hall–Kier alpha value is -2.76. The van der Waals surface area contributed by atoms with Crippen LogP contribution in [0.15, 0.2) is 35.3 Å². The van der Waals surface area contributed by atoms with Crippen LogP contribution in [0.4, 0.5) is 11.4 Å². The molecule has 2 aromatic rings. The first-order chi connectivity index (χ1) is 12.2. The standard InChI is InChI=1S/C19H21N3O3/c1-25-17-11-15-14(9-16(17)22-7-2-3-8-22)13(10-18(23)21-15)12-5-4-6-20-19(12)24/h4-6,9,11,13H,2-3,7-8,10H2,1H3,(H,20,24)(H,21,23). The number of fused-ring (bicyclic) bond motifs is 1. The molecule has 1 unspecified atom stereocenters. The molecule has 0 aliphatic carbocycles. The molecule has 6 nitrogen and oxygen atoms in total. The number of rotatable bonds is 3. The first kappa shape index (κ1) is 15.7. The lowest BCUT2D eigenvalue weighted by Crippen LogP contribution is -2.28. The van der Waals surface area contributed by atoms with Crippen molar-refractivity contribution >= 4 is 17.3 Å². The van der Waals surface area contributed by atoms with E-state index in [1.54, 1.807) is 25.4 Å². The molecule has 1 aromatic carbocycles. The molecule has 0 spiro atoms. The molecule has 2 N–H and O–H groups in total. The summed E-state index contributed by atoms with van der Waals surface area (Å²) in [5.74, 6) is 0.418. The van der Waals surface area contributed by atoms with Crippen molar-refractivity contribution in [1.29, 1.82) is 0 Å². The number of pyridine rings is 1. The van der Waals surface area contributed by atoms with E-state index in [4.69, 9.17) is 4.74 Å². The van der Waals surface area contributed by atoms with E-state index in [1.165, 1.54) is 12.8 Å². The second-order valence-corrected chi connectivity index (χ2v) is 6.56. The van der Waals surface area contributed by atoms with Crippen LogP contribution in [0.1, 0.15) is 36.3 Å². The lowest BCUT2D eigenvalue weighted by atomic mass is 9.85. The molecule has 1 fully saturated rings. The van der Waals surface area contributed by atoms with Crippen molar-refractivity contribution in [3.8, 4) is 5.75 Å². The molecule has 1 aromatic heterocycles. The maximum Gasteiger partial charge on any atom is 0.251 e. The summed E-state index contributed by atoms with van der Waals surface area (Å²) in [6.07, 6.45) is 4.21. The summed E-state index contributed by atoms with van der Waals surface area (Å²) in [6, 6.07) is 7.56. The number of carbonyl (C=O) groups is 1. The van der Waals surface area contributed by atoms with Crippen molar-refractivity contribution in [3.63, 3.8) is 0 Å². The fraction of sp³-hybridized carbons (Fsp3) is 0.368. The summed E-state index contributed by atoms with van der Waals surface area (Å²) in [4.78, 5) is 29.5. The minimum Gasteiger partial charge on any atom is -0.495 e. The van der Waals surface area contributed by atoms with Crippen molar-refractivity contribution in [1.82, 2.24) is 4.98 Å². The number of hydrogen-bond donors (Lipinski definition) is 2. The van der Waals surface area contributed by atoms with E-state index in [0.29, 0.717) is 5.56 Å². The molecule has 2 aliphatic heterocycles. The predicted molar refractivity (Wildman–Crippen MR) is 96.6 cm³/mol. The van der Waals surface area contributed by atoms with Crippen LogP contribution in [0.3, 0.4) is 0 Å². The Balaban J connectivity index is 1.86. The molecule has 1 saturated heterocycles. The molecular weight excluding hydrogens is 318 g/mol. The topological polar surface area (TPSA) is 74.4 Å². The molecule has 3 heterocycles. The smallest absolute Gasteiger partial charge is 0.251 e. The van der Waals surface area contributed by atoms with Crippen molar-refractivity contribution < 1.29 is 9.53 Å². The molecule has 0 bridgehead atoms. The number of ether oxygens (including phenoxy) is 1. The van der Waals surface area contributed by atoms with E-state index in [0.717, 1.165) is 35.8 Å². The molecule has 25 heavy (non-hydrogen) atoms. The molecule has 0 saturated carbocycles. The van der Waals surface area contributed by atoms with E-state index in [1.807, 2.05) is 6.07 Å². The number of aromatic nitrogens is 1. The fourth-order valence-electron chi connectivity index (χ4n) is 3.83. The van der Waals surface area contributed by atoms with Crippen molar-refractivity contribution in [2.24, 2.45) is 0 Å². The first-order valence-electron chi connectivity index (χ1n) is 8.61. The number of anilines is 2. The van der Waals surface area contributed by atoms with Crippen molar-refractivity contribution in [3.05, 3.63) is 51.9 Å². The Morgan fingerprint density at radius 1 is 1.16 bits per heavy atom. The van der Waals surface area contributed by atoms with Gasteiger partial charge in [0.25, 0.3) is 5.56 Å². The largest absolute Gasteiger partial charge is 0.495 e. The van der Waals surface area contributed by atoms with E-state index < -0.39 is 0 Å². The van der Waals surface area contributed by atoms with E-state index in [-0.39, 0.29) is 23.8 Å². The Labute approximate surface area is 145 Å². The van der Waals surface area contributed by atoms with Gasteiger partial charge in [-0.25, -0.2) is 0 Å². The zero-order valence-electron chi connectivity index (χ0n) is 14.2. The molecule has 1 amide bonds. The minimum absolute atomic E-state index is 0.0864. The molecule has 6 heteroatoms. The summed E-state index contributed by atoms with van der Waals surface area (Å²) >= 11 is 0. The number of hydrogen-bond acceptors (Lipinski definition) is 4. The van der Waals surface area contributed by atoms with Crippen molar-refractivity contribution in [2.75, 3.05) is 30.4 Å². The molecule has 0 radical (unpaired) electrons. The van der Waals surface area contributed by atoms with Gasteiger partial charge in [-0.05, 0) is 30.5 Å². The normalized spacial score (nSPS) is 19.5. The molecule has 4 rings (SSSR count). The van der Waals surface area contributed by atoms with Crippen LogP contribution in [-0.4, -0.2) is 31.1 Å². The average molecular weight is 339 g/mol. The molecular formula is C19H21N3O3. The van der Waals surface area contributed by atoms with Gasteiger partial charge < -0.3 is 19.9 Å². The van der Waals surface area contributed by atoms with Gasteiger partial charge in [0.15, 0.2) is 0 Å². The number of benzene rings is 1. The van der Waals surface area contributed by atoms with Gasteiger partial charge in [-0.2, -0.15) is 0 Å². The number of amides is 1. The highest BCUT2D eigenvalue weighted by atomic mass is 16.5. The summed E-state index contributed by atoms with van der Waals surface area (Å²) in [5, 5.41) is 2.92. The number of H-pyrrole nitrogens is 1. The third kappa shape index (κ3) is 2.77. The third-order valence-corrected chi connectivity index (χ3v) is 5.06. The minimum atomic E-state index is -0.249. The second-order valence-electron chi connectivity index (χ2n) is 6.56. The van der Waals surface area contributed by atoms with Gasteiger partial charge in [-0.3, -0.25) is 9.59 Å². The Kier molecular flexibility index (Phi) is 3.95. The average Bonchev–Trinajstić information content (AvgIpc) is 3.15. The highest BCUT2D eigenvalue weighted by Gasteiger charge is 2.30. The third-order valence-electron chi connectivity index (χ3n) is 5.06. The molecule has 1 atom stereocenters. The zero-order chi connectivity index (χ0) is 17.4. The number of aromatic amines is 1. The lowest BCUT2D eigenvalue weighted by molar-refractivity contribution is -0.116. The quantitative estimate of drug-likeness (QED) is 0.901. The summed E-state index contributed by atoms with van der Waals surface area (Å²) in [7, 11) is 1.64. The van der Waals surface area contributed by atoms with Gasteiger partial charge in [0.05, 0.1) is 12.8 Å². The van der Waals surface area contributed by atoms with Crippen LogP contribution in [0.25, 0.3) is 0 Å². The number of nitrogens with zero attached hydrogens (tertiary/aromatic N) is 1. The molecule has 130 valence electrons. The Morgan fingerprint density at radius 3 is 2.68 bits per heavy atom. The lowest BCUT2D eigenvalue weighted by Gasteiger charge is -2.29. The van der Waals surface area contributed by atoms with Crippen LogP contribution in [-0.2, 0) is 4.79 Å². The van der Waals surface area contributed by atoms with Crippen LogP contribution in [0.2, 0.25) is 0 Å². The second kappa shape index (κ2) is 6.27. The van der Waals surface area contributed by atoms with Gasteiger partial charge in [-0.1, -0.05) is 6.07 Å². The van der Waals surface area contributed by atoms with Crippen LogP contribution >= 0.6 is 0 Å². The maximum atomic E-state index is 12.3. The predicted octanol–water partition coefficient (Wildman–Crippen LogP) is 2.46. The van der Waals surface area contributed by atoms with Gasteiger partial charge in [0, 0.05) is 48.9 Å². The van der Waals surface area contributed by atoms with Crippen LogP contribution in [0, 0.1) is 0 Å². The Morgan fingerprint density at radius 2 is 1.96 bits per heavy atom. The Bertz CT molecular complexity index is 868. The fourth-order valence-corrected chi connectivity index (χ4v) is 3.83. The number of carbonyl (C=O) groups excluding carboxylic acids is 1. The SMILES string of the molecule is COc1cc2c(cc1N1CCCC1)C(c1ccc[nH]c1=O)CC(=O)N2. The van der Waals surface area contributed by atoms with E-state index >= 15 is 0 Å². The zero-order valence-corrected chi connectivity index (χ0v) is 14.2. The monoisotopic (exact) mass is 339 g/mol. The van der Waals surface area contributed by atoms with Crippen LogP contribution < -0.4 is 20.5 Å². The highest BCUT2D eigenvalue weighted by Crippen LogP contribution is 2.43. The van der Waals surface area contributed by atoms with Gasteiger partial charge in [0.2, 0.25) is 5.91 Å². The van der Waals surface area contributed by atoms with E-state index in [2.05, 4.69) is 21.3 Å². The maximum absolute atomic E-state index is 12.3. The highest BCUT2D eigenvalue weighted by molar-refractivity contribution is 5.96. The van der Waals surface area contributed by atoms with Gasteiger partial charge in [-0.15, -0.1) is 0 Å². The first-order valence-corrected chi connectivity index (χ1v) is 8.61. The van der Waals surface area contributed by atoms with Crippen LogP contribution in [0.5, 0.6) is 5.75 Å². The van der Waals surface area contributed by atoms with Crippen molar-refractivity contribution in [2.45, 2.75) is 25.2 Å². The van der Waals surface area contributed by atoms with Gasteiger partial charge >= 0.3 is 0 Å². The van der Waals surface area contributed by atoms with E-state index in [9.17, 15) is 9.59 Å². The summed E-state index contributed by atoms with van der Waals surface area (Å²) in [5.41, 5.74) is 3.21. The number of methoxy groups -OCH3 is 1. The summed E-state index contributed by atoms with van der Waals surface area (Å²) in [6.45, 7) is 2.00. The van der Waals surface area contributed by atoms with Gasteiger partial charge in [0.1, 0.15) is 5.75 Å². The summed E-state index contributed by atoms with van der Waals surface area (Å²) < 4.78 is 5.56. The number of nitrogens with one attached hydrogen (secondary N) is 2.